The average molecular weight is 292 g/mol. The molecule has 1 fully saturated rings. The van der Waals surface area contributed by atoms with Gasteiger partial charge in [0.2, 0.25) is 0 Å². The highest BCUT2D eigenvalue weighted by Crippen LogP contribution is 2.35. The van der Waals surface area contributed by atoms with E-state index in [1.807, 2.05) is 11.3 Å². The fourth-order valence-corrected chi connectivity index (χ4v) is 5.15. The highest BCUT2D eigenvalue weighted by Gasteiger charge is 2.27. The Morgan fingerprint density at radius 3 is 3.00 bits per heavy atom. The van der Waals surface area contributed by atoms with Crippen LogP contribution in [-0.4, -0.2) is 36.0 Å². The maximum atomic E-state index is 6.08. The van der Waals surface area contributed by atoms with Gasteiger partial charge in [-0.15, -0.1) is 11.3 Å². The van der Waals surface area contributed by atoms with Gasteiger partial charge in [0.05, 0.1) is 0 Å². The Morgan fingerprint density at radius 1 is 1.42 bits per heavy atom. The van der Waals surface area contributed by atoms with Crippen LogP contribution >= 0.6 is 23.1 Å². The standard InChI is InChI=1S/C15H20N2S2/c1-17(11-6-7-18-9-11)14(8-16)13-10-19-15-5-3-2-4-12(13)15/h2-5,10-11,14H,6-9,16H2,1H3. The van der Waals surface area contributed by atoms with Crippen molar-refractivity contribution in [1.82, 2.24) is 4.90 Å². The van der Waals surface area contributed by atoms with E-state index in [1.165, 1.54) is 33.6 Å². The first kappa shape index (κ1) is 13.4. The summed E-state index contributed by atoms with van der Waals surface area (Å²) < 4.78 is 1.37. The Hall–Kier alpha value is -0.550. The molecule has 2 nitrogen and oxygen atoms in total. The second-order valence-electron chi connectivity index (χ2n) is 5.12. The molecule has 0 saturated carbocycles. The largest absolute Gasteiger partial charge is 0.329 e. The Labute approximate surface area is 123 Å². The van der Waals surface area contributed by atoms with Crippen molar-refractivity contribution in [3.63, 3.8) is 0 Å². The molecule has 2 unspecified atom stereocenters. The highest BCUT2D eigenvalue weighted by atomic mass is 32.2. The summed E-state index contributed by atoms with van der Waals surface area (Å²) in [6, 6.07) is 9.68. The van der Waals surface area contributed by atoms with Crippen LogP contribution in [0, 0.1) is 0 Å². The number of nitrogens with zero attached hydrogens (tertiary/aromatic N) is 1. The molecule has 2 atom stereocenters. The van der Waals surface area contributed by atoms with Gasteiger partial charge >= 0.3 is 0 Å². The first-order chi connectivity index (χ1) is 9.31. The topological polar surface area (TPSA) is 29.3 Å². The molecule has 0 amide bonds. The lowest BCUT2D eigenvalue weighted by Crippen LogP contribution is -2.38. The van der Waals surface area contributed by atoms with Crippen LogP contribution in [0.1, 0.15) is 18.0 Å². The van der Waals surface area contributed by atoms with E-state index in [0.717, 1.165) is 0 Å². The molecule has 0 bridgehead atoms. The summed E-state index contributed by atoms with van der Waals surface area (Å²) in [7, 11) is 2.24. The van der Waals surface area contributed by atoms with Gasteiger partial charge in [0.15, 0.2) is 0 Å². The van der Waals surface area contributed by atoms with E-state index >= 15 is 0 Å². The molecule has 1 aromatic carbocycles. The van der Waals surface area contributed by atoms with E-state index < -0.39 is 0 Å². The van der Waals surface area contributed by atoms with Gasteiger partial charge in [0.1, 0.15) is 0 Å². The average Bonchev–Trinajstić information content (AvgIpc) is 3.09. The number of thiophene rings is 1. The minimum absolute atomic E-state index is 0.347. The SMILES string of the molecule is CN(C1CCSC1)C(CN)c1csc2ccccc12. The molecule has 0 radical (unpaired) electrons. The molecule has 19 heavy (non-hydrogen) atoms. The van der Waals surface area contributed by atoms with Gasteiger partial charge in [0.25, 0.3) is 0 Å². The third kappa shape index (κ3) is 2.55. The Bertz CT molecular complexity index is 546. The molecule has 102 valence electrons. The fourth-order valence-electron chi connectivity index (χ4n) is 2.87. The molecule has 1 aromatic heterocycles. The van der Waals surface area contributed by atoms with E-state index in [1.54, 1.807) is 0 Å². The molecule has 2 aromatic rings. The van der Waals surface area contributed by atoms with Crippen molar-refractivity contribution in [1.29, 1.82) is 0 Å². The van der Waals surface area contributed by atoms with E-state index in [4.69, 9.17) is 5.73 Å². The molecule has 2 N–H and O–H groups in total. The van der Waals surface area contributed by atoms with Gasteiger partial charge in [-0.3, -0.25) is 4.90 Å². The van der Waals surface area contributed by atoms with Crippen LogP contribution in [0.25, 0.3) is 10.1 Å². The maximum absolute atomic E-state index is 6.08. The van der Waals surface area contributed by atoms with Crippen LogP contribution in [0.5, 0.6) is 0 Å². The van der Waals surface area contributed by atoms with Gasteiger partial charge in [-0.25, -0.2) is 0 Å². The van der Waals surface area contributed by atoms with E-state index in [9.17, 15) is 0 Å². The van der Waals surface area contributed by atoms with Crippen molar-refractivity contribution in [2.24, 2.45) is 5.73 Å². The van der Waals surface area contributed by atoms with E-state index in [2.05, 4.69) is 53.4 Å². The van der Waals surface area contributed by atoms with Crippen LogP contribution in [0.3, 0.4) is 0 Å². The van der Waals surface area contributed by atoms with Crippen molar-refractivity contribution in [3.05, 3.63) is 35.2 Å². The van der Waals surface area contributed by atoms with Crippen molar-refractivity contribution >= 4 is 33.2 Å². The van der Waals surface area contributed by atoms with Crippen molar-refractivity contribution in [2.45, 2.75) is 18.5 Å². The first-order valence-electron chi connectivity index (χ1n) is 6.77. The van der Waals surface area contributed by atoms with E-state index in [0.29, 0.717) is 18.6 Å². The molecule has 0 aliphatic carbocycles. The predicted molar refractivity (Wildman–Crippen MR) is 87.1 cm³/mol. The third-order valence-electron chi connectivity index (χ3n) is 4.07. The van der Waals surface area contributed by atoms with Crippen LogP contribution in [0.2, 0.25) is 0 Å². The minimum atomic E-state index is 0.347. The summed E-state index contributed by atoms with van der Waals surface area (Å²) in [4.78, 5) is 2.49. The summed E-state index contributed by atoms with van der Waals surface area (Å²) >= 11 is 3.89. The fraction of sp³-hybridized carbons (Fsp3) is 0.467. The smallest absolute Gasteiger partial charge is 0.0485 e. The molecule has 1 aliphatic heterocycles. The molecule has 0 spiro atoms. The normalized spacial score (nSPS) is 21.3. The van der Waals surface area contributed by atoms with Crippen molar-refractivity contribution < 1.29 is 0 Å². The Kier molecular flexibility index (Phi) is 4.12. The first-order valence-corrected chi connectivity index (χ1v) is 8.80. The number of likely N-dealkylation sites (N-methyl/N-ethyl adjacent to an activating group) is 1. The quantitative estimate of drug-likeness (QED) is 0.937. The predicted octanol–water partition coefficient (Wildman–Crippen LogP) is 3.34. The lowest BCUT2D eigenvalue weighted by atomic mass is 10.0. The van der Waals surface area contributed by atoms with E-state index in [-0.39, 0.29) is 0 Å². The number of thioether (sulfide) groups is 1. The molecule has 2 heterocycles. The lowest BCUT2D eigenvalue weighted by Gasteiger charge is -2.32. The van der Waals surface area contributed by atoms with Gasteiger partial charge in [-0.05, 0) is 41.6 Å². The second-order valence-corrected chi connectivity index (χ2v) is 7.18. The summed E-state index contributed by atoms with van der Waals surface area (Å²) in [5.74, 6) is 2.53. The number of rotatable bonds is 4. The molecule has 1 aliphatic rings. The summed E-state index contributed by atoms with van der Waals surface area (Å²) in [5.41, 5.74) is 7.48. The van der Waals surface area contributed by atoms with Gasteiger partial charge in [0, 0.05) is 29.1 Å². The second kappa shape index (κ2) is 5.83. The molecule has 1 saturated heterocycles. The maximum Gasteiger partial charge on any atom is 0.0485 e. The van der Waals surface area contributed by atoms with Crippen LogP contribution in [0.15, 0.2) is 29.6 Å². The van der Waals surface area contributed by atoms with Gasteiger partial charge in [-0.2, -0.15) is 11.8 Å². The number of benzene rings is 1. The van der Waals surface area contributed by atoms with Crippen molar-refractivity contribution in [3.8, 4) is 0 Å². The minimum Gasteiger partial charge on any atom is -0.329 e. The summed E-state index contributed by atoms with van der Waals surface area (Å²) in [6.45, 7) is 0.693. The van der Waals surface area contributed by atoms with Gasteiger partial charge in [-0.1, -0.05) is 18.2 Å². The van der Waals surface area contributed by atoms with Crippen LogP contribution < -0.4 is 5.73 Å². The number of hydrogen-bond donors (Lipinski definition) is 1. The van der Waals surface area contributed by atoms with Gasteiger partial charge < -0.3 is 5.73 Å². The third-order valence-corrected chi connectivity index (χ3v) is 6.19. The lowest BCUT2D eigenvalue weighted by molar-refractivity contribution is 0.194. The zero-order valence-corrected chi connectivity index (χ0v) is 12.8. The van der Waals surface area contributed by atoms with Crippen LogP contribution in [0.4, 0.5) is 0 Å². The number of fused-ring (bicyclic) bond motifs is 1. The molecule has 4 heteroatoms. The zero-order chi connectivity index (χ0) is 13.2. The number of hydrogen-bond acceptors (Lipinski definition) is 4. The van der Waals surface area contributed by atoms with Crippen LogP contribution in [-0.2, 0) is 0 Å². The molecular weight excluding hydrogens is 272 g/mol. The highest BCUT2D eigenvalue weighted by molar-refractivity contribution is 7.99. The number of nitrogens with two attached hydrogens (primary N) is 1. The van der Waals surface area contributed by atoms with Crippen molar-refractivity contribution in [2.75, 3.05) is 25.1 Å². The Morgan fingerprint density at radius 2 is 2.26 bits per heavy atom. The molecular formula is C15H20N2S2. The summed E-state index contributed by atoms with van der Waals surface area (Å²) in [6.07, 6.45) is 1.29. The summed E-state index contributed by atoms with van der Waals surface area (Å²) in [5, 5.41) is 3.67. The molecule has 3 rings (SSSR count). The monoisotopic (exact) mass is 292 g/mol. The zero-order valence-electron chi connectivity index (χ0n) is 11.2. The Balaban J connectivity index is 1.92.